The van der Waals surface area contributed by atoms with Crippen LogP contribution >= 0.6 is 0 Å². The van der Waals surface area contributed by atoms with E-state index in [9.17, 15) is 0 Å². The fourth-order valence-corrected chi connectivity index (χ4v) is 3.54. The van der Waals surface area contributed by atoms with Crippen LogP contribution in [0.5, 0.6) is 0 Å². The van der Waals surface area contributed by atoms with Gasteiger partial charge in [-0.15, -0.1) is 0 Å². The van der Waals surface area contributed by atoms with Gasteiger partial charge in [-0.3, -0.25) is 4.90 Å². The zero-order valence-corrected chi connectivity index (χ0v) is 10.2. The maximum Gasteiger partial charge on any atom is 0.0388 e. The molecule has 1 fully saturated rings. The predicted molar refractivity (Wildman–Crippen MR) is 68.3 cm³/mol. The Morgan fingerprint density at radius 2 is 2.25 bits per heavy atom. The van der Waals surface area contributed by atoms with Crippen LogP contribution in [-0.4, -0.2) is 23.5 Å². The monoisotopic (exact) mass is 215 g/mol. The Hall–Kier alpha value is -0.820. The first kappa shape index (κ1) is 10.3. The van der Waals surface area contributed by atoms with Gasteiger partial charge in [0.05, 0.1) is 0 Å². The number of nitrogens with zero attached hydrogens (tertiary/aromatic N) is 1. The minimum atomic E-state index is 0.668. The Labute approximate surface area is 98.5 Å². The second kappa shape index (κ2) is 4.21. The topological polar surface area (TPSA) is 3.24 Å². The van der Waals surface area contributed by atoms with Crippen molar-refractivity contribution in [2.24, 2.45) is 0 Å². The third-order valence-corrected chi connectivity index (χ3v) is 4.31. The quantitative estimate of drug-likeness (QED) is 0.647. The van der Waals surface area contributed by atoms with Gasteiger partial charge in [0, 0.05) is 12.1 Å². The fraction of sp³-hybridized carbons (Fsp3) is 0.600. The van der Waals surface area contributed by atoms with Crippen LogP contribution in [0.25, 0.3) is 0 Å². The second-order valence-corrected chi connectivity index (χ2v) is 5.16. The minimum Gasteiger partial charge on any atom is -0.290 e. The van der Waals surface area contributed by atoms with Crippen molar-refractivity contribution in [3.63, 3.8) is 0 Å². The molecule has 0 bridgehead atoms. The summed E-state index contributed by atoms with van der Waals surface area (Å²) in [4.78, 5) is 2.73. The van der Waals surface area contributed by atoms with E-state index in [2.05, 4.69) is 36.1 Å². The number of rotatable bonds is 1. The van der Waals surface area contributed by atoms with Gasteiger partial charge in [0.15, 0.2) is 0 Å². The Bertz CT molecular complexity index is 362. The highest BCUT2D eigenvalue weighted by Crippen LogP contribution is 2.37. The van der Waals surface area contributed by atoms with Crippen molar-refractivity contribution in [2.75, 3.05) is 6.54 Å². The SMILES string of the molecule is CCN1C2CC=CC=C2C=C2CCCCC21. The highest BCUT2D eigenvalue weighted by Gasteiger charge is 2.34. The van der Waals surface area contributed by atoms with Gasteiger partial charge in [0.1, 0.15) is 0 Å². The Balaban J connectivity index is 1.98. The summed E-state index contributed by atoms with van der Waals surface area (Å²) in [6.45, 7) is 3.51. The maximum atomic E-state index is 2.73. The smallest absolute Gasteiger partial charge is 0.0388 e. The fourth-order valence-electron chi connectivity index (χ4n) is 3.54. The summed E-state index contributed by atoms with van der Waals surface area (Å²) < 4.78 is 0. The molecule has 1 heteroatoms. The molecule has 0 spiro atoms. The summed E-state index contributed by atoms with van der Waals surface area (Å²) in [5.74, 6) is 0. The van der Waals surface area contributed by atoms with Gasteiger partial charge >= 0.3 is 0 Å². The van der Waals surface area contributed by atoms with Crippen molar-refractivity contribution in [1.82, 2.24) is 4.90 Å². The molecule has 1 saturated carbocycles. The number of hydrogen-bond acceptors (Lipinski definition) is 1. The number of allylic oxidation sites excluding steroid dienone is 2. The maximum absolute atomic E-state index is 2.73. The van der Waals surface area contributed by atoms with E-state index < -0.39 is 0 Å². The summed E-state index contributed by atoms with van der Waals surface area (Å²) in [6, 6.07) is 1.43. The van der Waals surface area contributed by atoms with Crippen LogP contribution in [0, 0.1) is 0 Å². The number of hydrogen-bond donors (Lipinski definition) is 0. The normalized spacial score (nSPS) is 33.8. The van der Waals surface area contributed by atoms with E-state index in [-0.39, 0.29) is 0 Å². The number of likely N-dealkylation sites (N-methyl/N-ethyl adjacent to an activating group) is 1. The molecule has 1 heterocycles. The van der Waals surface area contributed by atoms with Crippen LogP contribution in [0.4, 0.5) is 0 Å². The van der Waals surface area contributed by atoms with Crippen molar-refractivity contribution < 1.29 is 0 Å². The van der Waals surface area contributed by atoms with Gasteiger partial charge in [-0.25, -0.2) is 0 Å². The standard InChI is InChI=1S/C15H21N/c1-2-16-14-9-5-3-7-12(14)11-13-8-4-6-10-15(13)16/h3,5,7,11,14-15H,2,4,6,8-10H2,1H3. The van der Waals surface area contributed by atoms with Gasteiger partial charge < -0.3 is 0 Å². The second-order valence-electron chi connectivity index (χ2n) is 5.16. The van der Waals surface area contributed by atoms with E-state index in [0.29, 0.717) is 6.04 Å². The molecule has 2 aliphatic carbocycles. The third-order valence-electron chi connectivity index (χ3n) is 4.31. The van der Waals surface area contributed by atoms with Gasteiger partial charge in [-0.1, -0.05) is 43.2 Å². The van der Waals surface area contributed by atoms with Crippen LogP contribution in [0.2, 0.25) is 0 Å². The summed E-state index contributed by atoms with van der Waals surface area (Å²) in [5.41, 5.74) is 3.25. The highest BCUT2D eigenvalue weighted by molar-refractivity contribution is 5.40. The molecule has 0 aromatic rings. The molecule has 3 rings (SSSR count). The van der Waals surface area contributed by atoms with Crippen molar-refractivity contribution in [3.05, 3.63) is 35.5 Å². The molecule has 0 amide bonds. The molecular weight excluding hydrogens is 194 g/mol. The molecule has 0 N–H and O–H groups in total. The zero-order valence-electron chi connectivity index (χ0n) is 10.2. The van der Waals surface area contributed by atoms with E-state index >= 15 is 0 Å². The molecule has 16 heavy (non-hydrogen) atoms. The minimum absolute atomic E-state index is 0.668. The lowest BCUT2D eigenvalue weighted by Crippen LogP contribution is -2.48. The third kappa shape index (κ3) is 1.58. The average molecular weight is 215 g/mol. The van der Waals surface area contributed by atoms with E-state index in [1.807, 2.05) is 0 Å². The first-order valence-electron chi connectivity index (χ1n) is 6.73. The molecule has 2 unspecified atom stereocenters. The van der Waals surface area contributed by atoms with Gasteiger partial charge in [-0.2, -0.15) is 0 Å². The first-order chi connectivity index (χ1) is 7.90. The van der Waals surface area contributed by atoms with Gasteiger partial charge in [-0.05, 0) is 37.8 Å². The lowest BCUT2D eigenvalue weighted by atomic mass is 9.80. The zero-order chi connectivity index (χ0) is 11.0. The largest absolute Gasteiger partial charge is 0.290 e. The Morgan fingerprint density at radius 3 is 3.12 bits per heavy atom. The van der Waals surface area contributed by atoms with Crippen LogP contribution in [0.15, 0.2) is 35.5 Å². The highest BCUT2D eigenvalue weighted by atomic mass is 15.2. The Morgan fingerprint density at radius 1 is 1.31 bits per heavy atom. The van der Waals surface area contributed by atoms with E-state index in [1.54, 1.807) is 11.1 Å². The van der Waals surface area contributed by atoms with Crippen LogP contribution in [0.3, 0.4) is 0 Å². The molecular formula is C15H21N. The summed E-state index contributed by atoms with van der Waals surface area (Å²) in [5, 5.41) is 0. The lowest BCUT2D eigenvalue weighted by molar-refractivity contribution is 0.154. The van der Waals surface area contributed by atoms with Gasteiger partial charge in [0.25, 0.3) is 0 Å². The summed E-state index contributed by atoms with van der Waals surface area (Å²) in [6.07, 6.45) is 16.1. The van der Waals surface area contributed by atoms with Gasteiger partial charge in [0.2, 0.25) is 0 Å². The molecule has 1 nitrogen and oxygen atoms in total. The van der Waals surface area contributed by atoms with Crippen molar-refractivity contribution >= 4 is 0 Å². The van der Waals surface area contributed by atoms with E-state index in [4.69, 9.17) is 0 Å². The van der Waals surface area contributed by atoms with E-state index in [1.165, 1.54) is 38.6 Å². The number of fused-ring (bicyclic) bond motifs is 2. The Kier molecular flexibility index (Phi) is 2.72. The lowest BCUT2D eigenvalue weighted by Gasteiger charge is -2.45. The van der Waals surface area contributed by atoms with Crippen LogP contribution < -0.4 is 0 Å². The molecule has 0 aromatic carbocycles. The van der Waals surface area contributed by atoms with E-state index in [0.717, 1.165) is 6.04 Å². The average Bonchev–Trinajstić information content (AvgIpc) is 2.36. The van der Waals surface area contributed by atoms with Crippen molar-refractivity contribution in [2.45, 2.75) is 51.1 Å². The van der Waals surface area contributed by atoms with Crippen molar-refractivity contribution in [1.29, 1.82) is 0 Å². The first-order valence-corrected chi connectivity index (χ1v) is 6.73. The van der Waals surface area contributed by atoms with Crippen LogP contribution in [-0.2, 0) is 0 Å². The molecule has 0 radical (unpaired) electrons. The van der Waals surface area contributed by atoms with Crippen molar-refractivity contribution in [3.8, 4) is 0 Å². The predicted octanol–water partition coefficient (Wildman–Crippen LogP) is 3.45. The molecule has 0 saturated heterocycles. The molecule has 2 atom stereocenters. The van der Waals surface area contributed by atoms with Crippen LogP contribution in [0.1, 0.15) is 39.0 Å². The molecule has 0 aromatic heterocycles. The molecule has 86 valence electrons. The molecule has 3 aliphatic rings. The summed E-state index contributed by atoms with van der Waals surface area (Å²) in [7, 11) is 0. The summed E-state index contributed by atoms with van der Waals surface area (Å²) >= 11 is 0. The molecule has 1 aliphatic heterocycles.